The minimum Gasteiger partial charge on any atom is -0.348 e. The van der Waals surface area contributed by atoms with Crippen molar-refractivity contribution in [2.24, 2.45) is 10.8 Å². The summed E-state index contributed by atoms with van der Waals surface area (Å²) in [6.07, 6.45) is 0. The van der Waals surface area contributed by atoms with Crippen molar-refractivity contribution in [3.63, 3.8) is 0 Å². The molecule has 1 amide bonds. The van der Waals surface area contributed by atoms with Crippen LogP contribution < -0.4 is 5.32 Å². The van der Waals surface area contributed by atoms with Crippen molar-refractivity contribution in [2.75, 3.05) is 0 Å². The average molecular weight is 331 g/mol. The zero-order valence-electron chi connectivity index (χ0n) is 11.0. The molecule has 18 heavy (non-hydrogen) atoms. The van der Waals surface area contributed by atoms with Crippen LogP contribution in [0.25, 0.3) is 0 Å². The summed E-state index contributed by atoms with van der Waals surface area (Å²) in [7, 11) is 0. The fourth-order valence-electron chi connectivity index (χ4n) is 2.44. The molecule has 1 aromatic rings. The quantitative estimate of drug-likeness (QED) is 0.862. The Kier molecular flexibility index (Phi) is 3.27. The number of carbonyl (C=O) groups is 1. The topological polar surface area (TPSA) is 29.1 Å². The van der Waals surface area contributed by atoms with Gasteiger partial charge in [0, 0.05) is 10.5 Å². The molecule has 1 fully saturated rings. The maximum atomic E-state index is 12.2. The maximum absolute atomic E-state index is 12.2. The van der Waals surface area contributed by atoms with Crippen molar-refractivity contribution < 1.29 is 4.79 Å². The van der Waals surface area contributed by atoms with E-state index in [-0.39, 0.29) is 22.8 Å². The highest BCUT2D eigenvalue weighted by Gasteiger charge is 2.65. The third-order valence-corrected chi connectivity index (χ3v) is 5.29. The molecule has 2 rings (SSSR count). The Morgan fingerprint density at radius 1 is 1.28 bits per heavy atom. The average Bonchev–Trinajstić information content (AvgIpc) is 2.64. The lowest BCUT2D eigenvalue weighted by molar-refractivity contribution is 0.0943. The Morgan fingerprint density at radius 3 is 2.33 bits per heavy atom. The van der Waals surface area contributed by atoms with Crippen LogP contribution in [0.3, 0.4) is 0 Å². The highest BCUT2D eigenvalue weighted by atomic mass is 79.9. The number of benzene rings is 1. The van der Waals surface area contributed by atoms with Crippen LogP contribution in [0.4, 0.5) is 0 Å². The summed E-state index contributed by atoms with van der Waals surface area (Å²) in [5, 5.41) is 3.55. The lowest BCUT2D eigenvalue weighted by atomic mass is 10.0. The minimum atomic E-state index is -0.107. The summed E-state index contributed by atoms with van der Waals surface area (Å²) >= 11 is 9.41. The predicted octanol–water partition coefficient (Wildman–Crippen LogP) is 4.27. The molecule has 4 heteroatoms. The van der Waals surface area contributed by atoms with Crippen LogP contribution >= 0.6 is 27.5 Å². The van der Waals surface area contributed by atoms with Crippen molar-refractivity contribution in [3.8, 4) is 0 Å². The normalized spacial score (nSPS) is 20.6. The molecular formula is C14H17BrClNO. The van der Waals surface area contributed by atoms with Gasteiger partial charge >= 0.3 is 0 Å². The first-order valence-electron chi connectivity index (χ1n) is 5.94. The summed E-state index contributed by atoms with van der Waals surface area (Å²) < 4.78 is 0.853. The van der Waals surface area contributed by atoms with E-state index in [2.05, 4.69) is 48.9 Å². The Bertz CT molecular complexity index is 497. The Labute approximate surface area is 121 Å². The first-order chi connectivity index (χ1) is 8.18. The standard InChI is InChI=1S/C14H17BrClNO/c1-13(2)12(14(13,3)4)17-11(18)9-7-8(15)5-6-10(9)16/h5-7,12H,1-4H3,(H,17,18). The van der Waals surface area contributed by atoms with Gasteiger partial charge in [0.15, 0.2) is 0 Å². The molecule has 0 unspecified atom stereocenters. The molecule has 0 bridgehead atoms. The smallest absolute Gasteiger partial charge is 0.253 e. The fraction of sp³-hybridized carbons (Fsp3) is 0.500. The molecule has 0 aliphatic heterocycles. The third-order valence-electron chi connectivity index (χ3n) is 4.47. The van der Waals surface area contributed by atoms with Crippen LogP contribution in [0, 0.1) is 10.8 Å². The molecule has 2 nitrogen and oxygen atoms in total. The molecule has 0 atom stereocenters. The SMILES string of the molecule is CC1(C)C(NC(=O)c2cc(Br)ccc2Cl)C1(C)C. The van der Waals surface area contributed by atoms with Gasteiger partial charge in [-0.2, -0.15) is 0 Å². The molecule has 0 aromatic heterocycles. The molecule has 98 valence electrons. The zero-order valence-corrected chi connectivity index (χ0v) is 13.3. The molecule has 0 heterocycles. The summed E-state index contributed by atoms with van der Waals surface area (Å²) in [5.41, 5.74) is 0.770. The molecule has 1 saturated carbocycles. The molecule has 1 aliphatic rings. The first-order valence-corrected chi connectivity index (χ1v) is 7.11. The van der Waals surface area contributed by atoms with Gasteiger partial charge in [-0.3, -0.25) is 4.79 Å². The second-order valence-corrected chi connectivity index (χ2v) is 7.30. The largest absolute Gasteiger partial charge is 0.348 e. The predicted molar refractivity (Wildman–Crippen MR) is 78.0 cm³/mol. The molecule has 1 aromatic carbocycles. The van der Waals surface area contributed by atoms with E-state index >= 15 is 0 Å². The lowest BCUT2D eigenvalue weighted by Crippen LogP contribution is -2.30. The van der Waals surface area contributed by atoms with E-state index < -0.39 is 0 Å². The van der Waals surface area contributed by atoms with E-state index in [1.165, 1.54) is 0 Å². The maximum Gasteiger partial charge on any atom is 0.253 e. The molecule has 1 N–H and O–H groups in total. The van der Waals surface area contributed by atoms with Gasteiger partial charge in [-0.1, -0.05) is 55.2 Å². The van der Waals surface area contributed by atoms with Crippen molar-refractivity contribution in [1.82, 2.24) is 5.32 Å². The third kappa shape index (κ3) is 2.08. The number of carbonyl (C=O) groups excluding carboxylic acids is 1. The number of rotatable bonds is 2. The van der Waals surface area contributed by atoms with Gasteiger partial charge in [-0.15, -0.1) is 0 Å². The highest BCUT2D eigenvalue weighted by Crippen LogP contribution is 2.62. The first kappa shape index (κ1) is 13.9. The van der Waals surface area contributed by atoms with Crippen LogP contribution in [0.5, 0.6) is 0 Å². The summed E-state index contributed by atoms with van der Waals surface area (Å²) in [4.78, 5) is 12.2. The van der Waals surface area contributed by atoms with Crippen molar-refractivity contribution in [3.05, 3.63) is 33.3 Å². The number of amides is 1. The molecule has 0 radical (unpaired) electrons. The van der Waals surface area contributed by atoms with Gasteiger partial charge in [0.05, 0.1) is 10.6 Å². The minimum absolute atomic E-state index is 0.107. The Balaban J connectivity index is 2.17. The van der Waals surface area contributed by atoms with Crippen molar-refractivity contribution in [1.29, 1.82) is 0 Å². The van der Waals surface area contributed by atoms with E-state index in [0.717, 1.165) is 4.47 Å². The van der Waals surface area contributed by atoms with Gasteiger partial charge in [-0.05, 0) is 29.0 Å². The number of halogens is 2. The number of nitrogens with one attached hydrogen (secondary N) is 1. The Morgan fingerprint density at radius 2 is 1.83 bits per heavy atom. The monoisotopic (exact) mass is 329 g/mol. The van der Waals surface area contributed by atoms with Crippen LogP contribution in [-0.4, -0.2) is 11.9 Å². The molecular weight excluding hydrogens is 314 g/mol. The van der Waals surface area contributed by atoms with E-state index in [4.69, 9.17) is 11.6 Å². The second kappa shape index (κ2) is 4.24. The fourth-order valence-corrected chi connectivity index (χ4v) is 3.00. The number of hydrogen-bond donors (Lipinski definition) is 1. The summed E-state index contributed by atoms with van der Waals surface area (Å²) in [5.74, 6) is -0.107. The second-order valence-electron chi connectivity index (χ2n) is 5.97. The van der Waals surface area contributed by atoms with Crippen LogP contribution in [0.1, 0.15) is 38.1 Å². The number of hydrogen-bond acceptors (Lipinski definition) is 1. The van der Waals surface area contributed by atoms with E-state index in [1.54, 1.807) is 12.1 Å². The van der Waals surface area contributed by atoms with Crippen LogP contribution in [0.2, 0.25) is 5.02 Å². The molecule has 1 aliphatic carbocycles. The van der Waals surface area contributed by atoms with Gasteiger partial charge in [0.1, 0.15) is 0 Å². The molecule has 0 spiro atoms. The summed E-state index contributed by atoms with van der Waals surface area (Å²) in [6, 6.07) is 5.49. The van der Waals surface area contributed by atoms with E-state index in [0.29, 0.717) is 10.6 Å². The van der Waals surface area contributed by atoms with Crippen LogP contribution in [0.15, 0.2) is 22.7 Å². The highest BCUT2D eigenvalue weighted by molar-refractivity contribution is 9.10. The lowest BCUT2D eigenvalue weighted by Gasteiger charge is -2.08. The van der Waals surface area contributed by atoms with Gasteiger partial charge in [-0.25, -0.2) is 0 Å². The van der Waals surface area contributed by atoms with Gasteiger partial charge < -0.3 is 5.32 Å². The van der Waals surface area contributed by atoms with Gasteiger partial charge in [0.2, 0.25) is 0 Å². The van der Waals surface area contributed by atoms with Crippen LogP contribution in [-0.2, 0) is 0 Å². The van der Waals surface area contributed by atoms with Crippen molar-refractivity contribution >= 4 is 33.4 Å². The van der Waals surface area contributed by atoms with E-state index in [1.807, 2.05) is 6.07 Å². The summed E-state index contributed by atoms with van der Waals surface area (Å²) in [6.45, 7) is 8.67. The zero-order chi connectivity index (χ0) is 13.7. The Hall–Kier alpha value is -0.540. The molecule has 0 saturated heterocycles. The van der Waals surface area contributed by atoms with Gasteiger partial charge in [0.25, 0.3) is 5.91 Å². The van der Waals surface area contributed by atoms with Crippen molar-refractivity contribution in [2.45, 2.75) is 33.7 Å². The van der Waals surface area contributed by atoms with E-state index in [9.17, 15) is 4.79 Å².